The quantitative estimate of drug-likeness (QED) is 0.294. The number of halogens is 1. The van der Waals surface area contributed by atoms with E-state index in [-0.39, 0.29) is 11.9 Å². The third-order valence-corrected chi connectivity index (χ3v) is 8.48. The first-order chi connectivity index (χ1) is 19.4. The Bertz CT molecular complexity index is 1290. The highest BCUT2D eigenvalue weighted by Crippen LogP contribution is 2.40. The highest BCUT2D eigenvalue weighted by Gasteiger charge is 2.25. The van der Waals surface area contributed by atoms with Crippen LogP contribution in [-0.2, 0) is 19.4 Å². The smallest absolute Gasteiger partial charge is 0.165 e. The fourth-order valence-corrected chi connectivity index (χ4v) is 6.36. The van der Waals surface area contributed by atoms with Gasteiger partial charge in [0.2, 0.25) is 0 Å². The fourth-order valence-electron chi connectivity index (χ4n) is 6.36. The summed E-state index contributed by atoms with van der Waals surface area (Å²) < 4.78 is 26.8. The second-order valence-corrected chi connectivity index (χ2v) is 11.4. The van der Waals surface area contributed by atoms with Crippen LogP contribution in [0.15, 0.2) is 54.6 Å². The van der Waals surface area contributed by atoms with Gasteiger partial charge in [-0.15, -0.1) is 0 Å². The van der Waals surface area contributed by atoms with E-state index in [1.807, 2.05) is 25.1 Å². The van der Waals surface area contributed by atoms with Crippen molar-refractivity contribution in [3.05, 3.63) is 82.7 Å². The molecule has 3 aromatic carbocycles. The molecule has 0 saturated carbocycles. The molecule has 2 unspecified atom stereocenters. The number of phenols is 1. The van der Waals surface area contributed by atoms with Gasteiger partial charge >= 0.3 is 0 Å². The fraction of sp³-hybridized carbons (Fsp3) is 0.471. The van der Waals surface area contributed by atoms with Crippen molar-refractivity contribution >= 4 is 5.69 Å². The molecule has 0 spiro atoms. The van der Waals surface area contributed by atoms with Crippen LogP contribution >= 0.6 is 0 Å². The molecule has 0 bridgehead atoms. The summed E-state index contributed by atoms with van der Waals surface area (Å²) in [7, 11) is 1.69. The minimum Gasteiger partial charge on any atom is -0.508 e. The molecule has 1 heterocycles. The number of benzene rings is 3. The zero-order valence-corrected chi connectivity index (χ0v) is 24.2. The molecule has 0 aromatic heterocycles. The summed E-state index contributed by atoms with van der Waals surface area (Å²) in [6.07, 6.45) is 6.60. The molecule has 1 fully saturated rings. The number of ether oxygens (including phenoxy) is 2. The van der Waals surface area contributed by atoms with E-state index in [0.29, 0.717) is 24.0 Å². The number of hydrogen-bond donors (Lipinski definition) is 1. The molecule has 1 saturated heterocycles. The number of anilines is 1. The summed E-state index contributed by atoms with van der Waals surface area (Å²) in [6.45, 7) is 8.57. The van der Waals surface area contributed by atoms with Crippen LogP contribution in [0.1, 0.15) is 67.7 Å². The second kappa shape index (κ2) is 12.9. The van der Waals surface area contributed by atoms with Gasteiger partial charge in [0, 0.05) is 31.4 Å². The second-order valence-electron chi connectivity index (χ2n) is 11.4. The van der Waals surface area contributed by atoms with Crippen molar-refractivity contribution < 1.29 is 19.0 Å². The number of methoxy groups -OCH3 is 1. The SMILES string of the molecule is CCN(Cc1ccc(OC(C)CN2CCCCC2)c(F)c1)c1cc(OC)ccc1C1CCc2cc(O)ccc2C1. The zero-order chi connectivity index (χ0) is 28.1. The Hall–Kier alpha value is -3.25. The van der Waals surface area contributed by atoms with Crippen LogP contribution in [-0.4, -0.2) is 49.4 Å². The summed E-state index contributed by atoms with van der Waals surface area (Å²) in [5, 5.41) is 9.91. The third kappa shape index (κ3) is 6.72. The van der Waals surface area contributed by atoms with E-state index in [1.54, 1.807) is 25.3 Å². The molecule has 2 atom stereocenters. The Morgan fingerprint density at radius 3 is 2.60 bits per heavy atom. The van der Waals surface area contributed by atoms with Crippen LogP contribution in [0.5, 0.6) is 17.2 Å². The monoisotopic (exact) mass is 546 g/mol. The van der Waals surface area contributed by atoms with E-state index in [9.17, 15) is 5.11 Å². The van der Waals surface area contributed by atoms with Crippen molar-refractivity contribution in [1.29, 1.82) is 0 Å². The molecule has 2 aliphatic rings. The maximum atomic E-state index is 15.2. The molecular weight excluding hydrogens is 503 g/mol. The van der Waals surface area contributed by atoms with Gasteiger partial charge in [0.15, 0.2) is 11.6 Å². The Kier molecular flexibility index (Phi) is 9.15. The van der Waals surface area contributed by atoms with E-state index in [1.165, 1.54) is 36.0 Å². The number of phenolic OH excluding ortho intramolecular Hbond substituents is 1. The molecule has 0 radical (unpaired) electrons. The number of rotatable bonds is 10. The van der Waals surface area contributed by atoms with Crippen molar-refractivity contribution in [3.8, 4) is 17.2 Å². The van der Waals surface area contributed by atoms with Gasteiger partial charge in [-0.05, 0) is 118 Å². The van der Waals surface area contributed by atoms with Crippen molar-refractivity contribution in [1.82, 2.24) is 4.90 Å². The topological polar surface area (TPSA) is 45.2 Å². The first-order valence-corrected chi connectivity index (χ1v) is 14.8. The molecule has 0 amide bonds. The predicted molar refractivity (Wildman–Crippen MR) is 159 cm³/mol. The van der Waals surface area contributed by atoms with Gasteiger partial charge < -0.3 is 19.5 Å². The van der Waals surface area contributed by atoms with E-state index in [0.717, 1.165) is 62.4 Å². The van der Waals surface area contributed by atoms with E-state index < -0.39 is 0 Å². The van der Waals surface area contributed by atoms with Crippen molar-refractivity contribution in [2.45, 2.75) is 70.9 Å². The summed E-state index contributed by atoms with van der Waals surface area (Å²) >= 11 is 0. The van der Waals surface area contributed by atoms with Gasteiger partial charge in [0.25, 0.3) is 0 Å². The molecule has 5 nitrogen and oxygen atoms in total. The average molecular weight is 547 g/mol. The van der Waals surface area contributed by atoms with Crippen LogP contribution in [0, 0.1) is 5.82 Å². The lowest BCUT2D eigenvalue weighted by molar-refractivity contribution is 0.127. The minimum absolute atomic E-state index is 0.0606. The molecule has 214 valence electrons. The maximum Gasteiger partial charge on any atom is 0.165 e. The van der Waals surface area contributed by atoms with Crippen LogP contribution in [0.3, 0.4) is 0 Å². The third-order valence-electron chi connectivity index (χ3n) is 8.48. The van der Waals surface area contributed by atoms with Gasteiger partial charge in [-0.3, -0.25) is 4.90 Å². The van der Waals surface area contributed by atoms with Crippen LogP contribution in [0.25, 0.3) is 0 Å². The number of aromatic hydroxyl groups is 1. The highest BCUT2D eigenvalue weighted by atomic mass is 19.1. The van der Waals surface area contributed by atoms with Gasteiger partial charge in [0.1, 0.15) is 17.6 Å². The Balaban J connectivity index is 1.32. The normalized spacial score (nSPS) is 18.1. The molecule has 1 aliphatic carbocycles. The van der Waals surface area contributed by atoms with Gasteiger partial charge in [-0.2, -0.15) is 0 Å². The Morgan fingerprint density at radius 2 is 1.85 bits per heavy atom. The largest absolute Gasteiger partial charge is 0.508 e. The lowest BCUT2D eigenvalue weighted by Crippen LogP contribution is -2.37. The van der Waals surface area contributed by atoms with Crippen LogP contribution in [0.2, 0.25) is 0 Å². The van der Waals surface area contributed by atoms with Gasteiger partial charge in [0.05, 0.1) is 7.11 Å². The van der Waals surface area contributed by atoms with Crippen LogP contribution in [0.4, 0.5) is 10.1 Å². The van der Waals surface area contributed by atoms with Gasteiger partial charge in [-0.1, -0.05) is 24.6 Å². The summed E-state index contributed by atoms with van der Waals surface area (Å²) in [4.78, 5) is 4.72. The lowest BCUT2D eigenvalue weighted by Gasteiger charge is -2.32. The molecule has 1 aliphatic heterocycles. The lowest BCUT2D eigenvalue weighted by atomic mass is 9.79. The van der Waals surface area contributed by atoms with E-state index >= 15 is 4.39 Å². The molecule has 6 heteroatoms. The molecule has 3 aromatic rings. The maximum absolute atomic E-state index is 15.2. The first-order valence-electron chi connectivity index (χ1n) is 14.8. The number of aryl methyl sites for hydroxylation is 1. The number of hydrogen-bond acceptors (Lipinski definition) is 5. The number of likely N-dealkylation sites (tertiary alicyclic amines) is 1. The average Bonchev–Trinajstić information content (AvgIpc) is 2.97. The number of piperidine rings is 1. The Morgan fingerprint density at radius 1 is 1.02 bits per heavy atom. The van der Waals surface area contributed by atoms with Crippen molar-refractivity contribution in [2.75, 3.05) is 38.2 Å². The van der Waals surface area contributed by atoms with Crippen molar-refractivity contribution in [3.63, 3.8) is 0 Å². The predicted octanol–water partition coefficient (Wildman–Crippen LogP) is 7.09. The molecule has 5 rings (SSSR count). The molecular formula is C34H43FN2O3. The first kappa shape index (κ1) is 28.3. The number of nitrogens with zero attached hydrogens (tertiary/aromatic N) is 2. The summed E-state index contributed by atoms with van der Waals surface area (Å²) in [6, 6.07) is 17.5. The minimum atomic E-state index is -0.308. The van der Waals surface area contributed by atoms with Gasteiger partial charge in [-0.25, -0.2) is 4.39 Å². The summed E-state index contributed by atoms with van der Waals surface area (Å²) in [5.74, 6) is 1.53. The Labute approximate surface area is 238 Å². The standard InChI is InChI=1S/C34H43FN2O3/c1-4-37(23-25-8-15-34(32(35)18-25)40-24(2)22-36-16-6-5-7-17-36)33-21-30(39-3)13-14-31(33)28-10-9-27-20-29(38)12-11-26(27)19-28/h8,11-15,18,20-21,24,28,38H,4-7,9-10,16-17,19,22-23H2,1-3H3. The summed E-state index contributed by atoms with van der Waals surface area (Å²) in [5.41, 5.74) is 5.86. The zero-order valence-electron chi connectivity index (χ0n) is 24.2. The van der Waals surface area contributed by atoms with E-state index in [2.05, 4.69) is 34.9 Å². The number of fused-ring (bicyclic) bond motifs is 1. The molecule has 40 heavy (non-hydrogen) atoms. The van der Waals surface area contributed by atoms with Crippen LogP contribution < -0.4 is 14.4 Å². The molecule has 1 N–H and O–H groups in total. The van der Waals surface area contributed by atoms with E-state index in [4.69, 9.17) is 9.47 Å². The highest BCUT2D eigenvalue weighted by molar-refractivity contribution is 5.60. The van der Waals surface area contributed by atoms with Crippen molar-refractivity contribution in [2.24, 2.45) is 0 Å².